The average Bonchev–Trinajstić information content (AvgIpc) is 3.36. The summed E-state index contributed by atoms with van der Waals surface area (Å²) >= 11 is 1.04. The first-order valence-corrected chi connectivity index (χ1v) is 20.9. The Hall–Kier alpha value is -2.26. The molecule has 2 fully saturated rings. The number of alkyl halides is 3. The van der Waals surface area contributed by atoms with Crippen molar-refractivity contribution in [3.05, 3.63) is 35.0 Å². The first kappa shape index (κ1) is 38.0. The molecule has 13 nitrogen and oxygen atoms in total. The molecule has 3 aliphatic heterocycles. The quantitative estimate of drug-likeness (QED) is 0.269. The Morgan fingerprint density at radius 3 is 2.47 bits per heavy atom. The second-order valence-electron chi connectivity index (χ2n) is 13.0. The van der Waals surface area contributed by atoms with E-state index in [4.69, 9.17) is 5.10 Å². The zero-order valence-electron chi connectivity index (χ0n) is 27.7. The summed E-state index contributed by atoms with van der Waals surface area (Å²) in [7, 11) is -6.89. The molecule has 0 aliphatic carbocycles. The molecular weight excluding hydrogens is 708 g/mol. The van der Waals surface area contributed by atoms with Crippen LogP contribution in [0.15, 0.2) is 23.1 Å². The van der Waals surface area contributed by atoms with Crippen LogP contribution in [0.2, 0.25) is 0 Å². The number of sulfonamides is 2. The van der Waals surface area contributed by atoms with Gasteiger partial charge in [-0.15, -0.1) is 11.8 Å². The lowest BCUT2D eigenvalue weighted by Crippen LogP contribution is -2.54. The van der Waals surface area contributed by atoms with Gasteiger partial charge < -0.3 is 15.3 Å². The normalized spacial score (nSPS) is 21.4. The van der Waals surface area contributed by atoms with Crippen molar-refractivity contribution in [3.63, 3.8) is 0 Å². The second kappa shape index (κ2) is 15.1. The largest absolute Gasteiger partial charge is 0.417 e. The summed E-state index contributed by atoms with van der Waals surface area (Å²) < 4.78 is 96.2. The number of likely N-dealkylation sites (tertiary alicyclic amines) is 1. The van der Waals surface area contributed by atoms with Crippen LogP contribution in [0.5, 0.6) is 0 Å². The number of piperazine rings is 1. The maximum atomic E-state index is 14.1. The van der Waals surface area contributed by atoms with Gasteiger partial charge in [-0.25, -0.2) is 21.6 Å². The van der Waals surface area contributed by atoms with Crippen LogP contribution in [-0.2, 0) is 50.5 Å². The fourth-order valence-corrected chi connectivity index (χ4v) is 9.38. The summed E-state index contributed by atoms with van der Waals surface area (Å²) in [5.74, 6) is 0.195. The van der Waals surface area contributed by atoms with E-state index in [2.05, 4.69) is 10.0 Å². The zero-order valence-corrected chi connectivity index (χ0v) is 30.2. The topological polar surface area (TPSA) is 157 Å². The number of nitrogens with zero attached hydrogens (tertiary/aromatic N) is 5. The van der Waals surface area contributed by atoms with Crippen LogP contribution in [0.25, 0.3) is 11.3 Å². The number of hydrogen-bond acceptors (Lipinski definition) is 10. The third-order valence-electron chi connectivity index (χ3n) is 9.21. The molecule has 1 aromatic carbocycles. The van der Waals surface area contributed by atoms with Crippen LogP contribution in [-0.4, -0.2) is 134 Å². The molecule has 2 atom stereocenters. The number of aliphatic hydroxyl groups is 1. The van der Waals surface area contributed by atoms with Crippen molar-refractivity contribution in [1.29, 1.82) is 0 Å². The molecule has 3 aliphatic rings. The standard InChI is InChI=1S/C30H44F3N7O6S3/c1-20-29(42)34-9-13-38(20)14-15-47-27-16-21(4-5-25(27)30(31,32)33)28-24-19-39(49(3,45)46)12-8-26(24)40(35-28)18-23(41)17-37-10-6-22(7-11-37)36-48(2,43)44/h4-5,16,20,22-23,36,41H,6-15,17-19H2,1-3H3,(H,34,42). The third-order valence-corrected chi connectivity index (χ3v) is 12.3. The minimum absolute atomic E-state index is 0.00113. The lowest BCUT2D eigenvalue weighted by Gasteiger charge is -2.33. The molecule has 3 N–H and O–H groups in total. The predicted molar refractivity (Wildman–Crippen MR) is 180 cm³/mol. The number of carbonyl (C=O) groups is 1. The first-order valence-electron chi connectivity index (χ1n) is 16.2. The molecular formula is C30H44F3N7O6S3. The SMILES string of the molecule is CC1C(=O)NCCN1CCSc1cc(-c2nn(CC(O)CN3CCC(NS(C)(=O)=O)CC3)c3c2CN(S(C)(=O)=O)CC3)ccc1C(F)(F)F. The second-order valence-corrected chi connectivity index (χ2v) is 17.9. The van der Waals surface area contributed by atoms with Crippen LogP contribution >= 0.6 is 11.8 Å². The number of piperidine rings is 1. The van der Waals surface area contributed by atoms with Crippen LogP contribution in [0.3, 0.4) is 0 Å². The molecule has 0 spiro atoms. The van der Waals surface area contributed by atoms with E-state index in [-0.39, 0.29) is 42.5 Å². The molecule has 1 amide bonds. The van der Waals surface area contributed by atoms with Crippen molar-refractivity contribution >= 4 is 37.7 Å². The number of aromatic nitrogens is 2. The van der Waals surface area contributed by atoms with E-state index in [1.54, 1.807) is 11.6 Å². The number of fused-ring (bicyclic) bond motifs is 1. The van der Waals surface area contributed by atoms with E-state index in [9.17, 15) is 39.9 Å². The van der Waals surface area contributed by atoms with Crippen molar-refractivity contribution < 1.29 is 39.9 Å². The van der Waals surface area contributed by atoms with Gasteiger partial charge in [-0.1, -0.05) is 6.07 Å². The molecule has 0 saturated carbocycles. The highest BCUT2D eigenvalue weighted by atomic mass is 32.2. The lowest BCUT2D eigenvalue weighted by atomic mass is 10.0. The van der Waals surface area contributed by atoms with Gasteiger partial charge in [0.25, 0.3) is 0 Å². The fourth-order valence-electron chi connectivity index (χ4n) is 6.66. The minimum atomic E-state index is -4.61. The van der Waals surface area contributed by atoms with E-state index >= 15 is 0 Å². The van der Waals surface area contributed by atoms with Gasteiger partial charge in [0.05, 0.1) is 42.5 Å². The number of β-amino-alcohol motifs (C(OH)–C–C–N with tert-alkyl or cyclic N) is 1. The highest BCUT2D eigenvalue weighted by Crippen LogP contribution is 2.40. The maximum absolute atomic E-state index is 14.1. The number of amides is 1. The number of nitrogens with one attached hydrogen (secondary N) is 2. The van der Waals surface area contributed by atoms with Crippen molar-refractivity contribution in [2.75, 3.05) is 64.1 Å². The minimum Gasteiger partial charge on any atom is -0.390 e. The van der Waals surface area contributed by atoms with E-state index in [0.717, 1.165) is 36.0 Å². The molecule has 2 aromatic rings. The molecule has 4 heterocycles. The van der Waals surface area contributed by atoms with Crippen LogP contribution < -0.4 is 10.0 Å². The van der Waals surface area contributed by atoms with Crippen LogP contribution in [0.1, 0.15) is 36.6 Å². The molecule has 19 heteroatoms. The van der Waals surface area contributed by atoms with Gasteiger partial charge in [0, 0.05) is 79.2 Å². The number of halogens is 3. The Bertz CT molecular complexity index is 1730. The zero-order chi connectivity index (χ0) is 35.7. The molecule has 2 saturated heterocycles. The number of carbonyl (C=O) groups excluding carboxylic acids is 1. The highest BCUT2D eigenvalue weighted by molar-refractivity contribution is 7.99. The van der Waals surface area contributed by atoms with E-state index in [0.29, 0.717) is 81.1 Å². The third kappa shape index (κ3) is 9.75. The van der Waals surface area contributed by atoms with Gasteiger partial charge in [0.2, 0.25) is 26.0 Å². The molecule has 2 unspecified atom stereocenters. The molecule has 0 radical (unpaired) electrons. The van der Waals surface area contributed by atoms with Crippen LogP contribution in [0, 0.1) is 0 Å². The van der Waals surface area contributed by atoms with Gasteiger partial charge in [0.15, 0.2) is 0 Å². The van der Waals surface area contributed by atoms with Crippen molar-refractivity contribution in [3.8, 4) is 11.3 Å². The van der Waals surface area contributed by atoms with E-state index < -0.39 is 37.9 Å². The van der Waals surface area contributed by atoms with Crippen molar-refractivity contribution in [2.24, 2.45) is 0 Å². The Morgan fingerprint density at radius 1 is 1.10 bits per heavy atom. The summed E-state index contributed by atoms with van der Waals surface area (Å²) in [6, 6.07) is 3.27. The summed E-state index contributed by atoms with van der Waals surface area (Å²) in [6.07, 6.45) is -1.71. The summed E-state index contributed by atoms with van der Waals surface area (Å²) in [5.41, 5.74) is 1.28. The van der Waals surface area contributed by atoms with Gasteiger partial charge >= 0.3 is 6.18 Å². The number of rotatable bonds is 12. The van der Waals surface area contributed by atoms with Crippen molar-refractivity contribution in [2.45, 2.75) is 68.5 Å². The molecule has 274 valence electrons. The first-order chi connectivity index (χ1) is 22.9. The van der Waals surface area contributed by atoms with Crippen molar-refractivity contribution in [1.82, 2.24) is 33.9 Å². The molecule has 0 bridgehead atoms. The smallest absolute Gasteiger partial charge is 0.390 e. The Labute approximate surface area is 289 Å². The lowest BCUT2D eigenvalue weighted by molar-refractivity contribution is -0.139. The summed E-state index contributed by atoms with van der Waals surface area (Å²) in [4.78, 5) is 16.0. The van der Waals surface area contributed by atoms with Gasteiger partial charge in [-0.05, 0) is 45.0 Å². The molecule has 1 aromatic heterocycles. The summed E-state index contributed by atoms with van der Waals surface area (Å²) in [5, 5.41) is 18.6. The number of benzene rings is 1. The van der Waals surface area contributed by atoms with Gasteiger partial charge in [0.1, 0.15) is 0 Å². The van der Waals surface area contributed by atoms with Crippen LogP contribution in [0.4, 0.5) is 13.2 Å². The van der Waals surface area contributed by atoms with E-state index in [1.807, 2.05) is 9.80 Å². The highest BCUT2D eigenvalue weighted by Gasteiger charge is 2.36. The van der Waals surface area contributed by atoms with Gasteiger partial charge in [-0.3, -0.25) is 14.4 Å². The monoisotopic (exact) mass is 751 g/mol. The fraction of sp³-hybridized carbons (Fsp3) is 0.667. The Morgan fingerprint density at radius 2 is 1.82 bits per heavy atom. The molecule has 5 rings (SSSR count). The Balaban J connectivity index is 1.38. The Kier molecular flexibility index (Phi) is 11.7. The maximum Gasteiger partial charge on any atom is 0.417 e. The molecule has 49 heavy (non-hydrogen) atoms. The average molecular weight is 752 g/mol. The van der Waals surface area contributed by atoms with Gasteiger partial charge in [-0.2, -0.15) is 22.6 Å². The number of aliphatic hydroxyl groups excluding tert-OH is 1. The number of thioether (sulfide) groups is 1. The number of hydrogen-bond donors (Lipinski definition) is 3. The summed E-state index contributed by atoms with van der Waals surface area (Å²) in [6.45, 7) is 5.04. The van der Waals surface area contributed by atoms with E-state index in [1.165, 1.54) is 16.4 Å². The predicted octanol–water partition coefficient (Wildman–Crippen LogP) is 1.17.